The summed E-state index contributed by atoms with van der Waals surface area (Å²) >= 11 is 0. The second-order valence-corrected chi connectivity index (χ2v) is 9.68. The number of carbonyl (C=O) groups excluding carboxylic acids is 5. The van der Waals surface area contributed by atoms with Crippen LogP contribution in [0.2, 0.25) is 0 Å². The molecule has 7 amide bonds. The fourth-order valence-corrected chi connectivity index (χ4v) is 6.06. The lowest BCUT2D eigenvalue weighted by Crippen LogP contribution is -2.62. The maximum absolute atomic E-state index is 12.4. The first-order valence-electron chi connectivity index (χ1n) is 10.4. The van der Waals surface area contributed by atoms with Gasteiger partial charge in [-0.15, -0.1) is 0 Å². The molecular weight excluding hydrogens is 376 g/mol. The molecule has 0 aromatic carbocycles. The smallest absolute Gasteiger partial charge is 0.332 e. The van der Waals surface area contributed by atoms with Gasteiger partial charge in [0.1, 0.15) is 6.54 Å². The molecule has 0 aromatic heterocycles. The van der Waals surface area contributed by atoms with Crippen LogP contribution < -0.4 is 10.6 Å². The minimum Gasteiger partial charge on any atom is -0.332 e. The first-order chi connectivity index (χ1) is 13.7. The van der Waals surface area contributed by atoms with Gasteiger partial charge >= 0.3 is 23.9 Å². The first kappa shape index (κ1) is 19.8. The number of amides is 7. The number of nitrogens with zero attached hydrogens (tertiary/aromatic N) is 2. The van der Waals surface area contributed by atoms with Gasteiger partial charge in [-0.25, -0.2) is 14.5 Å². The van der Waals surface area contributed by atoms with Gasteiger partial charge in [-0.05, 0) is 62.2 Å². The summed E-state index contributed by atoms with van der Waals surface area (Å²) in [5.74, 6) is -0.814. The maximum atomic E-state index is 12.4. The number of imide groups is 3. The molecule has 158 valence electrons. The second-order valence-electron chi connectivity index (χ2n) is 9.68. The van der Waals surface area contributed by atoms with Crippen molar-refractivity contribution in [2.45, 2.75) is 57.9 Å². The predicted octanol–water partition coefficient (Wildman–Crippen LogP) is 1.23. The van der Waals surface area contributed by atoms with E-state index >= 15 is 0 Å². The lowest BCUT2D eigenvalue weighted by Gasteiger charge is -2.56. The summed E-state index contributed by atoms with van der Waals surface area (Å²) in [6.45, 7) is 3.09. The average Bonchev–Trinajstić information content (AvgIpc) is 2.77. The van der Waals surface area contributed by atoms with Crippen LogP contribution in [0.1, 0.15) is 52.4 Å². The minimum atomic E-state index is -1.03. The Morgan fingerprint density at radius 1 is 0.966 bits per heavy atom. The number of carbonyl (C=O) groups is 5. The highest BCUT2D eigenvalue weighted by Crippen LogP contribution is 2.55. The lowest BCUT2D eigenvalue weighted by molar-refractivity contribution is -0.144. The van der Waals surface area contributed by atoms with Gasteiger partial charge in [0.05, 0.1) is 0 Å². The van der Waals surface area contributed by atoms with E-state index in [9.17, 15) is 24.0 Å². The molecule has 4 aliphatic carbocycles. The van der Waals surface area contributed by atoms with Crippen molar-refractivity contribution < 1.29 is 24.0 Å². The van der Waals surface area contributed by atoms with Crippen molar-refractivity contribution in [1.82, 2.24) is 20.4 Å². The summed E-state index contributed by atoms with van der Waals surface area (Å²) < 4.78 is 0. The molecule has 9 nitrogen and oxygen atoms in total. The van der Waals surface area contributed by atoms with Crippen molar-refractivity contribution in [1.29, 1.82) is 0 Å². The number of rotatable bonds is 5. The molecule has 2 N–H and O–H groups in total. The van der Waals surface area contributed by atoms with Crippen LogP contribution >= 0.6 is 0 Å². The highest BCUT2D eigenvalue weighted by molar-refractivity contribution is 6.45. The van der Waals surface area contributed by atoms with Crippen molar-refractivity contribution in [3.8, 4) is 0 Å². The van der Waals surface area contributed by atoms with E-state index in [-0.39, 0.29) is 18.0 Å². The van der Waals surface area contributed by atoms with Gasteiger partial charge in [-0.2, -0.15) is 0 Å². The molecule has 29 heavy (non-hydrogen) atoms. The van der Waals surface area contributed by atoms with E-state index in [1.807, 2.05) is 13.8 Å². The Bertz CT molecular complexity index is 742. The van der Waals surface area contributed by atoms with Crippen molar-refractivity contribution in [2.75, 3.05) is 13.1 Å². The number of hydrogen-bond donors (Lipinski definition) is 2. The normalized spacial score (nSPS) is 33.1. The van der Waals surface area contributed by atoms with E-state index in [1.165, 1.54) is 19.3 Å². The molecular formula is C20H28N4O5. The van der Waals surface area contributed by atoms with Crippen LogP contribution in [0.25, 0.3) is 0 Å². The van der Waals surface area contributed by atoms with Gasteiger partial charge in [0.25, 0.3) is 0 Å². The molecule has 9 heteroatoms. The van der Waals surface area contributed by atoms with E-state index in [2.05, 4.69) is 10.6 Å². The van der Waals surface area contributed by atoms with Gasteiger partial charge in [0.2, 0.25) is 5.91 Å². The molecule has 0 radical (unpaired) electrons. The van der Waals surface area contributed by atoms with E-state index in [4.69, 9.17) is 0 Å². The molecule has 1 aliphatic heterocycles. The largest absolute Gasteiger partial charge is 0.334 e. The van der Waals surface area contributed by atoms with Crippen LogP contribution in [-0.4, -0.2) is 58.2 Å². The van der Waals surface area contributed by atoms with Gasteiger partial charge in [0.15, 0.2) is 0 Å². The quantitative estimate of drug-likeness (QED) is 0.528. The Hall–Kier alpha value is -2.45. The zero-order chi connectivity index (χ0) is 20.9. The Morgan fingerprint density at radius 2 is 1.48 bits per heavy atom. The summed E-state index contributed by atoms with van der Waals surface area (Å²) in [4.78, 5) is 62.5. The fourth-order valence-electron chi connectivity index (χ4n) is 6.06. The fraction of sp³-hybridized carbons (Fsp3) is 0.750. The summed E-state index contributed by atoms with van der Waals surface area (Å²) in [7, 11) is 0. The Kier molecular flexibility index (Phi) is 4.86. The third kappa shape index (κ3) is 3.74. The molecule has 0 spiro atoms. The molecule has 1 heterocycles. The number of urea groups is 2. The van der Waals surface area contributed by atoms with Crippen molar-refractivity contribution in [2.24, 2.45) is 23.7 Å². The zero-order valence-corrected chi connectivity index (χ0v) is 16.9. The van der Waals surface area contributed by atoms with Gasteiger partial charge in [0, 0.05) is 12.1 Å². The highest BCUT2D eigenvalue weighted by atomic mass is 16.2. The second kappa shape index (κ2) is 7.11. The summed E-state index contributed by atoms with van der Waals surface area (Å²) in [5, 5.41) is 5.24. The van der Waals surface area contributed by atoms with E-state index in [1.54, 1.807) is 0 Å². The van der Waals surface area contributed by atoms with Crippen molar-refractivity contribution in [3.05, 3.63) is 0 Å². The van der Waals surface area contributed by atoms with Crippen LogP contribution in [0.3, 0.4) is 0 Å². The Labute approximate surface area is 169 Å². The van der Waals surface area contributed by atoms with Gasteiger partial charge < -0.3 is 5.32 Å². The first-order valence-corrected chi connectivity index (χ1v) is 10.4. The molecule has 1 saturated heterocycles. The number of nitrogens with one attached hydrogen (secondary N) is 2. The maximum Gasteiger partial charge on any atom is 0.334 e. The average molecular weight is 404 g/mol. The molecule has 5 rings (SSSR count). The zero-order valence-electron chi connectivity index (χ0n) is 16.9. The SMILES string of the molecule is CC(C)CN1C(=O)C(=O)N(CC(=O)NC(=O)NC23CC4CC(CC(C4)C2)C3)C1=O. The van der Waals surface area contributed by atoms with E-state index in [0.717, 1.165) is 24.2 Å². The van der Waals surface area contributed by atoms with Crippen molar-refractivity contribution >= 4 is 29.8 Å². The van der Waals surface area contributed by atoms with Gasteiger partial charge in [-0.3, -0.25) is 24.6 Å². The summed E-state index contributed by atoms with van der Waals surface area (Å²) in [5.41, 5.74) is -0.248. The van der Waals surface area contributed by atoms with Crippen LogP contribution in [0.4, 0.5) is 9.59 Å². The van der Waals surface area contributed by atoms with E-state index in [0.29, 0.717) is 22.7 Å². The van der Waals surface area contributed by atoms with Crippen LogP contribution in [0.5, 0.6) is 0 Å². The molecule has 0 unspecified atom stereocenters. The molecule has 0 atom stereocenters. The highest BCUT2D eigenvalue weighted by Gasteiger charge is 2.52. The number of hydrogen-bond acceptors (Lipinski definition) is 5. The third-order valence-corrected chi connectivity index (χ3v) is 6.65. The van der Waals surface area contributed by atoms with Crippen LogP contribution in [-0.2, 0) is 14.4 Å². The molecule has 5 fully saturated rings. The Balaban J connectivity index is 1.33. The summed E-state index contributed by atoms with van der Waals surface area (Å²) in [6, 6.07) is -1.41. The summed E-state index contributed by atoms with van der Waals surface area (Å²) in [6.07, 6.45) is 6.55. The lowest BCUT2D eigenvalue weighted by atomic mass is 9.53. The Morgan fingerprint density at radius 3 is 2.00 bits per heavy atom. The monoisotopic (exact) mass is 404 g/mol. The van der Waals surface area contributed by atoms with E-state index < -0.39 is 36.3 Å². The topological polar surface area (TPSA) is 116 Å². The predicted molar refractivity (Wildman–Crippen MR) is 101 cm³/mol. The minimum absolute atomic E-state index is 0.00413. The van der Waals surface area contributed by atoms with Crippen LogP contribution in [0, 0.1) is 23.7 Å². The standard InChI is InChI=1S/C20H28N4O5/c1-11(2)9-23-16(26)17(27)24(19(23)29)10-15(25)21-18(28)22-20-6-12-3-13(7-20)5-14(4-12)8-20/h11-14H,3-10H2,1-2H3,(H2,21,22,25,28). The molecule has 5 aliphatic rings. The van der Waals surface area contributed by atoms with Gasteiger partial charge in [-0.1, -0.05) is 13.8 Å². The van der Waals surface area contributed by atoms with Crippen molar-refractivity contribution in [3.63, 3.8) is 0 Å². The molecule has 0 aromatic rings. The van der Waals surface area contributed by atoms with Crippen LogP contribution in [0.15, 0.2) is 0 Å². The molecule has 4 saturated carbocycles. The third-order valence-electron chi connectivity index (χ3n) is 6.65. The molecule has 4 bridgehead atoms.